The SMILES string of the molecule is CC(NC(=O)C1CCN(c2ccc(C(F)(F)F)cc2[N+](=O)[O-])CC1)C1CC1. The molecule has 1 N–H and O–H groups in total. The number of carbonyl (C=O) groups is 1. The molecule has 0 bridgehead atoms. The summed E-state index contributed by atoms with van der Waals surface area (Å²) in [5.74, 6) is 0.385. The van der Waals surface area contributed by atoms with Crippen molar-refractivity contribution in [2.24, 2.45) is 11.8 Å². The predicted molar refractivity (Wildman–Crippen MR) is 93.4 cm³/mol. The normalized spacial score (nSPS) is 19.6. The van der Waals surface area contributed by atoms with Gasteiger partial charge in [0.1, 0.15) is 5.69 Å². The van der Waals surface area contributed by atoms with Crippen LogP contribution in [0.25, 0.3) is 0 Å². The summed E-state index contributed by atoms with van der Waals surface area (Å²) in [6, 6.07) is 2.74. The number of benzene rings is 1. The summed E-state index contributed by atoms with van der Waals surface area (Å²) < 4.78 is 38.5. The van der Waals surface area contributed by atoms with E-state index in [9.17, 15) is 28.1 Å². The molecule has 1 aromatic carbocycles. The Morgan fingerprint density at radius 2 is 1.89 bits per heavy atom. The first kappa shape index (κ1) is 19.4. The Bertz CT molecular complexity index is 726. The number of hydrogen-bond donors (Lipinski definition) is 1. The van der Waals surface area contributed by atoms with Crippen LogP contribution in [-0.4, -0.2) is 30.0 Å². The molecular formula is C18H22F3N3O3. The van der Waals surface area contributed by atoms with Crippen LogP contribution >= 0.6 is 0 Å². The quantitative estimate of drug-likeness (QED) is 0.619. The number of nitrogens with zero attached hydrogens (tertiary/aromatic N) is 2. The van der Waals surface area contributed by atoms with Crippen molar-refractivity contribution in [3.8, 4) is 0 Å². The number of nitro benzene ring substituents is 1. The number of nitro groups is 1. The van der Waals surface area contributed by atoms with Gasteiger partial charge < -0.3 is 10.2 Å². The summed E-state index contributed by atoms with van der Waals surface area (Å²) in [5, 5.41) is 14.3. The molecule has 148 valence electrons. The van der Waals surface area contributed by atoms with Crippen molar-refractivity contribution in [1.82, 2.24) is 5.32 Å². The Kier molecular flexibility index (Phi) is 5.30. The molecule has 0 radical (unpaired) electrons. The van der Waals surface area contributed by atoms with Crippen LogP contribution in [0.5, 0.6) is 0 Å². The van der Waals surface area contributed by atoms with Crippen LogP contribution in [0.2, 0.25) is 0 Å². The lowest BCUT2D eigenvalue weighted by Gasteiger charge is -2.33. The molecular weight excluding hydrogens is 363 g/mol. The Morgan fingerprint density at radius 1 is 1.26 bits per heavy atom. The minimum Gasteiger partial charge on any atom is -0.366 e. The summed E-state index contributed by atoms with van der Waals surface area (Å²) in [4.78, 5) is 24.5. The number of halogens is 3. The topological polar surface area (TPSA) is 75.5 Å². The molecule has 0 aromatic heterocycles. The molecule has 2 fully saturated rings. The molecule has 27 heavy (non-hydrogen) atoms. The molecule has 1 aliphatic carbocycles. The Morgan fingerprint density at radius 3 is 2.41 bits per heavy atom. The van der Waals surface area contributed by atoms with E-state index in [0.29, 0.717) is 37.9 Å². The molecule has 1 heterocycles. The van der Waals surface area contributed by atoms with Crippen molar-refractivity contribution in [2.75, 3.05) is 18.0 Å². The lowest BCUT2D eigenvalue weighted by atomic mass is 9.94. The fourth-order valence-corrected chi connectivity index (χ4v) is 3.55. The van der Waals surface area contributed by atoms with Crippen LogP contribution in [0.1, 0.15) is 38.2 Å². The average molecular weight is 385 g/mol. The van der Waals surface area contributed by atoms with E-state index >= 15 is 0 Å². The van der Waals surface area contributed by atoms with Gasteiger partial charge in [0.2, 0.25) is 5.91 Å². The molecule has 9 heteroatoms. The van der Waals surface area contributed by atoms with E-state index in [1.165, 1.54) is 0 Å². The van der Waals surface area contributed by atoms with Gasteiger partial charge in [-0.1, -0.05) is 0 Å². The zero-order valence-electron chi connectivity index (χ0n) is 15.0. The first-order chi connectivity index (χ1) is 12.7. The van der Waals surface area contributed by atoms with Crippen molar-refractivity contribution in [3.63, 3.8) is 0 Å². The number of amides is 1. The smallest absolute Gasteiger partial charge is 0.366 e. The van der Waals surface area contributed by atoms with Gasteiger partial charge in [0.15, 0.2) is 0 Å². The van der Waals surface area contributed by atoms with Crippen molar-refractivity contribution >= 4 is 17.3 Å². The lowest BCUT2D eigenvalue weighted by molar-refractivity contribution is -0.384. The fourth-order valence-electron chi connectivity index (χ4n) is 3.55. The van der Waals surface area contributed by atoms with Crippen molar-refractivity contribution in [2.45, 2.75) is 44.8 Å². The molecule has 1 saturated carbocycles. The minimum atomic E-state index is -4.63. The second-order valence-electron chi connectivity index (χ2n) is 7.35. The van der Waals surface area contributed by atoms with Gasteiger partial charge in [-0.3, -0.25) is 14.9 Å². The van der Waals surface area contributed by atoms with E-state index in [1.54, 1.807) is 4.90 Å². The van der Waals surface area contributed by atoms with E-state index in [0.717, 1.165) is 25.0 Å². The second-order valence-corrected chi connectivity index (χ2v) is 7.35. The monoisotopic (exact) mass is 385 g/mol. The molecule has 2 aliphatic rings. The fraction of sp³-hybridized carbons (Fsp3) is 0.611. The molecule has 3 rings (SSSR count). The van der Waals surface area contributed by atoms with Gasteiger partial charge in [0, 0.05) is 31.1 Å². The second kappa shape index (κ2) is 7.36. The van der Waals surface area contributed by atoms with Gasteiger partial charge in [0.25, 0.3) is 5.69 Å². The summed E-state index contributed by atoms with van der Waals surface area (Å²) in [6.45, 7) is 2.78. The molecule has 1 unspecified atom stereocenters. The Labute approximate surface area is 154 Å². The Balaban J connectivity index is 1.66. The number of carbonyl (C=O) groups excluding carboxylic acids is 1. The molecule has 1 atom stereocenters. The van der Waals surface area contributed by atoms with Crippen molar-refractivity contribution in [1.29, 1.82) is 0 Å². The van der Waals surface area contributed by atoms with E-state index in [1.807, 2.05) is 6.92 Å². The van der Waals surface area contributed by atoms with Crippen molar-refractivity contribution in [3.05, 3.63) is 33.9 Å². The molecule has 1 aromatic rings. The minimum absolute atomic E-state index is 0.00373. The van der Waals surface area contributed by atoms with Gasteiger partial charge in [0.05, 0.1) is 10.5 Å². The summed E-state index contributed by atoms with van der Waals surface area (Å²) >= 11 is 0. The molecule has 0 spiro atoms. The number of hydrogen-bond acceptors (Lipinski definition) is 4. The van der Waals surface area contributed by atoms with Gasteiger partial charge in [-0.15, -0.1) is 0 Å². The maximum Gasteiger partial charge on any atom is 0.416 e. The third kappa shape index (κ3) is 4.51. The average Bonchev–Trinajstić information content (AvgIpc) is 3.45. The number of nitrogens with one attached hydrogen (secondary N) is 1. The molecule has 1 aliphatic heterocycles. The number of piperidine rings is 1. The zero-order valence-corrected chi connectivity index (χ0v) is 15.0. The van der Waals surface area contributed by atoms with Crippen molar-refractivity contribution < 1.29 is 22.9 Å². The molecule has 1 amide bonds. The highest BCUT2D eigenvalue weighted by Crippen LogP contribution is 2.38. The highest BCUT2D eigenvalue weighted by atomic mass is 19.4. The van der Waals surface area contributed by atoms with Gasteiger partial charge in [-0.25, -0.2) is 0 Å². The largest absolute Gasteiger partial charge is 0.416 e. The van der Waals surface area contributed by atoms with E-state index in [-0.39, 0.29) is 23.6 Å². The summed E-state index contributed by atoms with van der Waals surface area (Å²) in [6.07, 6.45) is -1.33. The zero-order chi connectivity index (χ0) is 19.8. The summed E-state index contributed by atoms with van der Waals surface area (Å²) in [7, 11) is 0. The van der Waals surface area contributed by atoms with Crippen LogP contribution in [-0.2, 0) is 11.0 Å². The van der Waals surface area contributed by atoms with Gasteiger partial charge in [-0.05, 0) is 50.7 Å². The number of rotatable bonds is 5. The third-order valence-electron chi connectivity index (χ3n) is 5.40. The standard InChI is InChI=1S/C18H22F3N3O3/c1-11(12-2-3-12)22-17(25)13-6-8-23(9-7-13)15-5-4-14(18(19,20)21)10-16(15)24(26)27/h4-5,10-13H,2-3,6-9H2,1H3,(H,22,25). The van der Waals surface area contributed by atoms with Gasteiger partial charge >= 0.3 is 6.18 Å². The summed E-state index contributed by atoms with van der Waals surface area (Å²) in [5.41, 5.74) is -1.44. The van der Waals surface area contributed by atoms with Crippen LogP contribution in [0, 0.1) is 22.0 Å². The maximum atomic E-state index is 12.8. The number of anilines is 1. The molecule has 1 saturated heterocycles. The van der Waals surface area contributed by atoms with Crippen LogP contribution in [0.4, 0.5) is 24.5 Å². The highest BCUT2D eigenvalue weighted by Gasteiger charge is 2.35. The van der Waals surface area contributed by atoms with E-state index < -0.39 is 22.4 Å². The van der Waals surface area contributed by atoms with E-state index in [2.05, 4.69) is 5.32 Å². The van der Waals surface area contributed by atoms with Crippen LogP contribution < -0.4 is 10.2 Å². The third-order valence-corrected chi connectivity index (χ3v) is 5.40. The maximum absolute atomic E-state index is 12.8. The lowest BCUT2D eigenvalue weighted by Crippen LogP contribution is -2.43. The van der Waals surface area contributed by atoms with Crippen LogP contribution in [0.15, 0.2) is 18.2 Å². The van der Waals surface area contributed by atoms with Gasteiger partial charge in [-0.2, -0.15) is 13.2 Å². The number of alkyl halides is 3. The van der Waals surface area contributed by atoms with E-state index in [4.69, 9.17) is 0 Å². The van der Waals surface area contributed by atoms with Crippen LogP contribution in [0.3, 0.4) is 0 Å². The Hall–Kier alpha value is -2.32. The highest BCUT2D eigenvalue weighted by molar-refractivity contribution is 5.79. The predicted octanol–water partition coefficient (Wildman–Crippen LogP) is 3.74. The first-order valence-corrected chi connectivity index (χ1v) is 9.07. The molecule has 6 nitrogen and oxygen atoms in total. The first-order valence-electron chi connectivity index (χ1n) is 9.07.